The van der Waals surface area contributed by atoms with Gasteiger partial charge in [0.15, 0.2) is 5.13 Å². The third-order valence-electron chi connectivity index (χ3n) is 1.37. The Labute approximate surface area is 78.9 Å². The molecule has 2 heterocycles. The zero-order chi connectivity index (χ0) is 8.39. The topological polar surface area (TPSA) is 24.9 Å². The Hall–Kier alpha value is -0.870. The molecule has 12 heavy (non-hydrogen) atoms. The minimum Gasteiger partial charge on any atom is -0.323 e. The third-order valence-corrected chi connectivity index (χ3v) is 3.03. The maximum atomic E-state index is 4.30. The summed E-state index contributed by atoms with van der Waals surface area (Å²) in [4.78, 5) is 4.30. The van der Waals surface area contributed by atoms with Gasteiger partial charge in [0.05, 0.1) is 10.7 Å². The van der Waals surface area contributed by atoms with Crippen molar-refractivity contribution in [3.8, 4) is 0 Å². The quantitative estimate of drug-likeness (QED) is 0.797. The lowest BCUT2D eigenvalue weighted by molar-refractivity contribution is 1.26. The highest BCUT2D eigenvalue weighted by molar-refractivity contribution is 7.16. The van der Waals surface area contributed by atoms with Crippen LogP contribution in [0.2, 0.25) is 0 Å². The number of nitrogens with one attached hydrogen (secondary N) is 1. The van der Waals surface area contributed by atoms with Crippen molar-refractivity contribution in [1.29, 1.82) is 0 Å². The number of nitrogens with zero attached hydrogens (tertiary/aromatic N) is 1. The molecule has 2 aromatic heterocycles. The summed E-state index contributed by atoms with van der Waals surface area (Å²) < 4.78 is 0. The summed E-state index contributed by atoms with van der Waals surface area (Å²) in [7, 11) is 0. The molecule has 0 amide bonds. The normalized spacial score (nSPS) is 10.1. The van der Waals surface area contributed by atoms with Crippen LogP contribution in [0, 0.1) is 6.92 Å². The highest BCUT2D eigenvalue weighted by atomic mass is 32.1. The van der Waals surface area contributed by atoms with E-state index in [0.717, 1.165) is 15.8 Å². The number of thiophene rings is 1. The molecule has 0 aliphatic heterocycles. The van der Waals surface area contributed by atoms with Crippen molar-refractivity contribution in [2.24, 2.45) is 0 Å². The van der Waals surface area contributed by atoms with Gasteiger partial charge in [0.25, 0.3) is 0 Å². The lowest BCUT2D eigenvalue weighted by atomic mass is 10.6. The molecule has 2 nitrogen and oxygen atoms in total. The molecule has 0 fully saturated rings. The van der Waals surface area contributed by atoms with Crippen LogP contribution in [0.25, 0.3) is 0 Å². The first kappa shape index (κ1) is 7.76. The van der Waals surface area contributed by atoms with Crippen LogP contribution in [0.5, 0.6) is 0 Å². The minimum atomic E-state index is 0.968. The van der Waals surface area contributed by atoms with Crippen molar-refractivity contribution in [2.45, 2.75) is 6.92 Å². The maximum Gasteiger partial charge on any atom is 0.187 e. The van der Waals surface area contributed by atoms with Gasteiger partial charge in [-0.1, -0.05) is 0 Å². The average molecular weight is 196 g/mol. The number of hydrogen-bond donors (Lipinski definition) is 1. The van der Waals surface area contributed by atoms with E-state index in [4.69, 9.17) is 0 Å². The molecule has 0 saturated carbocycles. The molecule has 0 unspecified atom stereocenters. The second-order valence-electron chi connectivity index (χ2n) is 2.40. The van der Waals surface area contributed by atoms with Crippen LogP contribution in [0.1, 0.15) is 5.69 Å². The summed E-state index contributed by atoms with van der Waals surface area (Å²) in [6, 6.07) is 4.06. The van der Waals surface area contributed by atoms with Crippen molar-refractivity contribution in [3.63, 3.8) is 0 Å². The highest BCUT2D eigenvalue weighted by Crippen LogP contribution is 2.23. The smallest absolute Gasteiger partial charge is 0.187 e. The van der Waals surface area contributed by atoms with Crippen molar-refractivity contribution < 1.29 is 0 Å². The fourth-order valence-electron chi connectivity index (χ4n) is 0.866. The Morgan fingerprint density at radius 2 is 2.33 bits per heavy atom. The predicted octanol–water partition coefficient (Wildman–Crippen LogP) is 3.26. The molecule has 0 aromatic carbocycles. The molecule has 0 bridgehead atoms. The Kier molecular flexibility index (Phi) is 2.10. The van der Waals surface area contributed by atoms with E-state index >= 15 is 0 Å². The van der Waals surface area contributed by atoms with Crippen molar-refractivity contribution in [1.82, 2.24) is 4.98 Å². The van der Waals surface area contributed by atoms with Gasteiger partial charge in [0, 0.05) is 5.38 Å². The summed E-state index contributed by atoms with van der Waals surface area (Å²) >= 11 is 3.31. The SMILES string of the molecule is Cc1csc(Nc2cccs2)n1. The molecule has 1 N–H and O–H groups in total. The van der Waals surface area contributed by atoms with E-state index in [1.54, 1.807) is 22.7 Å². The molecule has 0 aliphatic rings. The molecule has 2 aromatic rings. The Balaban J connectivity index is 2.14. The van der Waals surface area contributed by atoms with Gasteiger partial charge in [-0.3, -0.25) is 0 Å². The van der Waals surface area contributed by atoms with Crippen molar-refractivity contribution >= 4 is 32.8 Å². The first-order valence-corrected chi connectivity index (χ1v) is 5.33. The monoisotopic (exact) mass is 196 g/mol. The van der Waals surface area contributed by atoms with E-state index in [9.17, 15) is 0 Å². The zero-order valence-electron chi connectivity index (χ0n) is 6.57. The Morgan fingerprint density at radius 3 is 2.92 bits per heavy atom. The van der Waals surface area contributed by atoms with Crippen molar-refractivity contribution in [2.75, 3.05) is 5.32 Å². The molecule has 0 aliphatic carbocycles. The number of hydrogen-bond acceptors (Lipinski definition) is 4. The molecule has 0 saturated heterocycles. The van der Waals surface area contributed by atoms with Crippen molar-refractivity contribution in [3.05, 3.63) is 28.6 Å². The third kappa shape index (κ3) is 1.65. The number of aryl methyl sites for hydroxylation is 1. The zero-order valence-corrected chi connectivity index (χ0v) is 8.21. The van der Waals surface area contributed by atoms with Crippen LogP contribution >= 0.6 is 22.7 Å². The molecule has 2 rings (SSSR count). The number of thiazole rings is 1. The van der Waals surface area contributed by atoms with Gasteiger partial charge < -0.3 is 5.32 Å². The molecule has 62 valence electrons. The number of aromatic nitrogens is 1. The second-order valence-corrected chi connectivity index (χ2v) is 4.20. The number of rotatable bonds is 2. The molecular formula is C8H8N2S2. The van der Waals surface area contributed by atoms with Gasteiger partial charge in [-0.2, -0.15) is 0 Å². The predicted molar refractivity (Wildman–Crippen MR) is 54.5 cm³/mol. The van der Waals surface area contributed by atoms with E-state index in [1.165, 1.54) is 0 Å². The standard InChI is InChI=1S/C8H8N2S2/c1-6-5-12-8(9-6)10-7-3-2-4-11-7/h2-5H,1H3,(H,9,10). The van der Waals surface area contributed by atoms with E-state index < -0.39 is 0 Å². The summed E-state index contributed by atoms with van der Waals surface area (Å²) in [5.41, 5.74) is 1.07. The number of anilines is 2. The van der Waals surface area contributed by atoms with Gasteiger partial charge in [-0.15, -0.1) is 22.7 Å². The Bertz CT molecular complexity index is 351. The molecule has 4 heteroatoms. The lowest BCUT2D eigenvalue weighted by Crippen LogP contribution is -1.84. The fraction of sp³-hybridized carbons (Fsp3) is 0.125. The van der Waals surface area contributed by atoms with Gasteiger partial charge in [0.2, 0.25) is 0 Å². The first-order valence-electron chi connectivity index (χ1n) is 3.57. The van der Waals surface area contributed by atoms with Crippen LogP contribution in [-0.4, -0.2) is 4.98 Å². The van der Waals surface area contributed by atoms with Crippen LogP contribution < -0.4 is 5.32 Å². The average Bonchev–Trinajstić information content (AvgIpc) is 2.63. The van der Waals surface area contributed by atoms with Gasteiger partial charge in [-0.25, -0.2) is 4.98 Å². The van der Waals surface area contributed by atoms with Gasteiger partial charge in [0.1, 0.15) is 0 Å². The van der Waals surface area contributed by atoms with Crippen LogP contribution in [-0.2, 0) is 0 Å². The van der Waals surface area contributed by atoms with E-state index in [0.29, 0.717) is 0 Å². The minimum absolute atomic E-state index is 0.968. The van der Waals surface area contributed by atoms with E-state index in [1.807, 2.05) is 29.8 Å². The molecule has 0 atom stereocenters. The summed E-state index contributed by atoms with van der Waals surface area (Å²) in [6.07, 6.45) is 0. The lowest BCUT2D eigenvalue weighted by Gasteiger charge is -1.95. The van der Waals surface area contributed by atoms with E-state index in [2.05, 4.69) is 10.3 Å². The second kappa shape index (κ2) is 3.25. The fourth-order valence-corrected chi connectivity index (χ4v) is 2.25. The van der Waals surface area contributed by atoms with Gasteiger partial charge in [-0.05, 0) is 24.4 Å². The summed E-state index contributed by atoms with van der Waals surface area (Å²) in [5.74, 6) is 0. The molecule has 0 radical (unpaired) electrons. The van der Waals surface area contributed by atoms with E-state index in [-0.39, 0.29) is 0 Å². The molecular weight excluding hydrogens is 188 g/mol. The summed E-state index contributed by atoms with van der Waals surface area (Å²) in [6.45, 7) is 2.00. The van der Waals surface area contributed by atoms with Crippen LogP contribution in [0.4, 0.5) is 10.1 Å². The molecule has 0 spiro atoms. The Morgan fingerprint density at radius 1 is 1.42 bits per heavy atom. The first-order chi connectivity index (χ1) is 5.84. The van der Waals surface area contributed by atoms with Gasteiger partial charge >= 0.3 is 0 Å². The van der Waals surface area contributed by atoms with Crippen LogP contribution in [0.15, 0.2) is 22.9 Å². The van der Waals surface area contributed by atoms with Crippen LogP contribution in [0.3, 0.4) is 0 Å². The maximum absolute atomic E-state index is 4.30. The summed E-state index contributed by atoms with van der Waals surface area (Å²) in [5, 5.41) is 9.42. The highest BCUT2D eigenvalue weighted by Gasteiger charge is 1.98. The largest absolute Gasteiger partial charge is 0.323 e.